The highest BCUT2D eigenvalue weighted by Gasteiger charge is 2.20. The molecule has 0 saturated heterocycles. The van der Waals surface area contributed by atoms with Gasteiger partial charge < -0.3 is 19.8 Å². The molecule has 5 aromatic rings. The number of carbonyl (C=O) groups is 1. The number of aromatic nitrogens is 3. The van der Waals surface area contributed by atoms with Gasteiger partial charge in [0.05, 0.1) is 18.8 Å². The third-order valence-corrected chi connectivity index (χ3v) is 6.15. The average Bonchev–Trinajstić information content (AvgIpc) is 2.90. The van der Waals surface area contributed by atoms with Crippen molar-refractivity contribution >= 4 is 22.6 Å². The van der Waals surface area contributed by atoms with Crippen LogP contribution in [0.15, 0.2) is 71.9 Å². The van der Waals surface area contributed by atoms with Crippen LogP contribution in [0, 0.1) is 25.5 Å². The van der Waals surface area contributed by atoms with E-state index in [0.717, 1.165) is 6.07 Å². The van der Waals surface area contributed by atoms with Crippen LogP contribution in [-0.2, 0) is 0 Å². The molecule has 0 unspecified atom stereocenters. The van der Waals surface area contributed by atoms with Crippen molar-refractivity contribution in [2.75, 3.05) is 12.4 Å². The fourth-order valence-electron chi connectivity index (χ4n) is 4.18. The van der Waals surface area contributed by atoms with Crippen LogP contribution < -0.4 is 20.2 Å². The summed E-state index contributed by atoms with van der Waals surface area (Å²) >= 11 is 0. The first-order chi connectivity index (χ1) is 18.7. The predicted molar refractivity (Wildman–Crippen MR) is 142 cm³/mol. The number of H-pyrrole nitrogens is 1. The van der Waals surface area contributed by atoms with Gasteiger partial charge in [-0.3, -0.25) is 14.6 Å². The maximum atomic E-state index is 15.0. The topological polar surface area (TPSA) is 106 Å². The highest BCUT2D eigenvalue weighted by Crippen LogP contribution is 2.31. The van der Waals surface area contributed by atoms with E-state index in [2.05, 4.69) is 20.3 Å². The standard InChI is InChI=1S/C29H22F2N4O4/c1-15-10-17(30)4-6-20(15)21-14-33-16(2)26(28(21)36)29(37)35-18-5-7-24(22(31)11-18)39-25-8-9-32-23-12-19(38-3)13-34-27(23)25/h4-14H,1-3H3,(H,33,36)(H,35,37). The summed E-state index contributed by atoms with van der Waals surface area (Å²) in [6.45, 7) is 3.25. The van der Waals surface area contributed by atoms with Gasteiger partial charge in [0.1, 0.15) is 22.6 Å². The molecule has 2 N–H and O–H groups in total. The highest BCUT2D eigenvalue weighted by atomic mass is 19.1. The number of ether oxygens (including phenoxy) is 2. The van der Waals surface area contributed by atoms with Gasteiger partial charge in [-0.15, -0.1) is 0 Å². The fraction of sp³-hybridized carbons (Fsp3) is 0.103. The van der Waals surface area contributed by atoms with Crippen LogP contribution in [-0.4, -0.2) is 28.0 Å². The Labute approximate surface area is 221 Å². The number of methoxy groups -OCH3 is 1. The lowest BCUT2D eigenvalue weighted by Crippen LogP contribution is -2.25. The molecular formula is C29H22F2N4O4. The second-order valence-corrected chi connectivity index (χ2v) is 8.74. The van der Waals surface area contributed by atoms with Crippen LogP contribution in [0.5, 0.6) is 17.2 Å². The number of hydrogen-bond acceptors (Lipinski definition) is 6. The van der Waals surface area contributed by atoms with Gasteiger partial charge in [-0.1, -0.05) is 6.07 Å². The van der Waals surface area contributed by atoms with Gasteiger partial charge in [0.25, 0.3) is 5.91 Å². The van der Waals surface area contributed by atoms with Crippen molar-refractivity contribution in [3.63, 3.8) is 0 Å². The van der Waals surface area contributed by atoms with Crippen molar-refractivity contribution in [3.8, 4) is 28.4 Å². The molecule has 0 aliphatic rings. The monoisotopic (exact) mass is 528 g/mol. The Morgan fingerprint density at radius 2 is 1.79 bits per heavy atom. The third-order valence-electron chi connectivity index (χ3n) is 6.15. The highest BCUT2D eigenvalue weighted by molar-refractivity contribution is 6.05. The maximum absolute atomic E-state index is 15.0. The number of nitrogens with zero attached hydrogens (tertiary/aromatic N) is 2. The van der Waals surface area contributed by atoms with Crippen molar-refractivity contribution in [3.05, 3.63) is 106 Å². The summed E-state index contributed by atoms with van der Waals surface area (Å²) < 4.78 is 39.5. The van der Waals surface area contributed by atoms with Gasteiger partial charge in [-0.2, -0.15) is 0 Å². The van der Waals surface area contributed by atoms with Crippen LogP contribution in [0.4, 0.5) is 14.5 Å². The number of hydrogen-bond donors (Lipinski definition) is 2. The molecular weight excluding hydrogens is 506 g/mol. The zero-order chi connectivity index (χ0) is 27.7. The second-order valence-electron chi connectivity index (χ2n) is 8.74. The lowest BCUT2D eigenvalue weighted by molar-refractivity contribution is 0.102. The maximum Gasteiger partial charge on any atom is 0.261 e. The molecule has 0 aliphatic heterocycles. The number of anilines is 1. The zero-order valence-corrected chi connectivity index (χ0v) is 21.1. The first kappa shape index (κ1) is 25.5. The zero-order valence-electron chi connectivity index (χ0n) is 21.1. The molecule has 3 heterocycles. The van der Waals surface area contributed by atoms with E-state index in [9.17, 15) is 18.4 Å². The van der Waals surface area contributed by atoms with Gasteiger partial charge >= 0.3 is 0 Å². The summed E-state index contributed by atoms with van der Waals surface area (Å²) in [5.74, 6) is -1.18. The summed E-state index contributed by atoms with van der Waals surface area (Å²) in [5, 5.41) is 2.57. The number of halogens is 2. The van der Waals surface area contributed by atoms with Gasteiger partial charge in [0.2, 0.25) is 5.43 Å². The van der Waals surface area contributed by atoms with E-state index >= 15 is 0 Å². The van der Waals surface area contributed by atoms with E-state index in [-0.39, 0.29) is 28.3 Å². The second kappa shape index (κ2) is 10.3. The largest absolute Gasteiger partial charge is 0.495 e. The molecule has 0 atom stereocenters. The first-order valence-corrected chi connectivity index (χ1v) is 11.8. The van der Waals surface area contributed by atoms with Crippen molar-refractivity contribution in [2.45, 2.75) is 13.8 Å². The van der Waals surface area contributed by atoms with Crippen LogP contribution >= 0.6 is 0 Å². The summed E-state index contributed by atoms with van der Waals surface area (Å²) in [6, 6.07) is 11.2. The van der Waals surface area contributed by atoms with E-state index < -0.39 is 23.0 Å². The molecule has 196 valence electrons. The third kappa shape index (κ3) is 5.04. The molecule has 3 aromatic heterocycles. The molecule has 0 fully saturated rings. The Morgan fingerprint density at radius 1 is 0.974 bits per heavy atom. The van der Waals surface area contributed by atoms with Crippen molar-refractivity contribution in [1.29, 1.82) is 0 Å². The molecule has 10 heteroatoms. The van der Waals surface area contributed by atoms with Crippen molar-refractivity contribution in [1.82, 2.24) is 15.0 Å². The summed E-state index contributed by atoms with van der Waals surface area (Å²) in [5.41, 5.74) is 1.96. The minimum atomic E-state index is -0.743. The molecule has 1 amide bonds. The predicted octanol–water partition coefficient (Wildman–Crippen LogP) is 5.93. The Kier molecular flexibility index (Phi) is 6.76. The van der Waals surface area contributed by atoms with Crippen LogP contribution in [0.2, 0.25) is 0 Å². The van der Waals surface area contributed by atoms with E-state index in [1.807, 2.05) is 0 Å². The smallest absolute Gasteiger partial charge is 0.261 e. The minimum absolute atomic E-state index is 0.0964. The normalized spacial score (nSPS) is 10.9. The van der Waals surface area contributed by atoms with Crippen molar-refractivity contribution in [2.24, 2.45) is 0 Å². The fourth-order valence-corrected chi connectivity index (χ4v) is 4.18. The number of aromatic amines is 1. The number of pyridine rings is 3. The summed E-state index contributed by atoms with van der Waals surface area (Å²) in [4.78, 5) is 37.8. The molecule has 0 spiro atoms. The number of carbonyl (C=O) groups excluding carboxylic acids is 1. The Hall–Kier alpha value is -5.12. The average molecular weight is 529 g/mol. The number of nitrogens with one attached hydrogen (secondary N) is 2. The Balaban J connectivity index is 1.40. The van der Waals surface area contributed by atoms with E-state index in [1.165, 1.54) is 56.0 Å². The molecule has 0 saturated carbocycles. The van der Waals surface area contributed by atoms with Crippen LogP contribution in [0.1, 0.15) is 21.6 Å². The SMILES string of the molecule is COc1cnc2c(Oc3ccc(NC(=O)c4c(C)[nH]cc(-c5ccc(F)cc5C)c4=O)cc3F)ccnc2c1. The number of benzene rings is 2. The van der Waals surface area contributed by atoms with Crippen LogP contribution in [0.3, 0.4) is 0 Å². The molecule has 0 radical (unpaired) electrons. The Morgan fingerprint density at radius 3 is 2.54 bits per heavy atom. The van der Waals surface area contributed by atoms with E-state index in [0.29, 0.717) is 33.6 Å². The molecule has 39 heavy (non-hydrogen) atoms. The van der Waals surface area contributed by atoms with E-state index in [1.54, 1.807) is 26.0 Å². The van der Waals surface area contributed by atoms with E-state index in [4.69, 9.17) is 9.47 Å². The molecule has 0 aliphatic carbocycles. The number of aryl methyl sites for hydroxylation is 2. The molecule has 8 nitrogen and oxygen atoms in total. The molecule has 0 bridgehead atoms. The van der Waals surface area contributed by atoms with Gasteiger partial charge in [-0.25, -0.2) is 13.8 Å². The minimum Gasteiger partial charge on any atom is -0.495 e. The number of amides is 1. The number of rotatable bonds is 6. The lowest BCUT2D eigenvalue weighted by atomic mass is 9.99. The van der Waals surface area contributed by atoms with Gasteiger partial charge in [0, 0.05) is 47.5 Å². The number of fused-ring (bicyclic) bond motifs is 1. The van der Waals surface area contributed by atoms with Crippen LogP contribution in [0.25, 0.3) is 22.2 Å². The molecule has 2 aromatic carbocycles. The summed E-state index contributed by atoms with van der Waals surface area (Å²) in [6.07, 6.45) is 4.49. The van der Waals surface area contributed by atoms with Gasteiger partial charge in [-0.05, 0) is 49.2 Å². The summed E-state index contributed by atoms with van der Waals surface area (Å²) in [7, 11) is 1.51. The first-order valence-electron chi connectivity index (χ1n) is 11.8. The quantitative estimate of drug-likeness (QED) is 0.283. The lowest BCUT2D eigenvalue weighted by Gasteiger charge is -2.12. The Bertz CT molecular complexity index is 1800. The van der Waals surface area contributed by atoms with Crippen molar-refractivity contribution < 1.29 is 23.0 Å². The molecule has 5 rings (SSSR count). The van der Waals surface area contributed by atoms with Gasteiger partial charge in [0.15, 0.2) is 17.3 Å².